The number of hydrogen-bond acceptors (Lipinski definition) is 0. The molecule has 0 saturated heterocycles. The second kappa shape index (κ2) is 2.28. The Morgan fingerprint density at radius 3 is 2.10 bits per heavy atom. The van der Waals surface area contributed by atoms with Gasteiger partial charge in [0, 0.05) is 5.38 Å². The van der Waals surface area contributed by atoms with Gasteiger partial charge < -0.3 is 0 Å². The number of alkyl halides is 1. The van der Waals surface area contributed by atoms with Crippen molar-refractivity contribution in [3.05, 3.63) is 35.4 Å². The Labute approximate surface area is 65.8 Å². The number of hydrogen-bond donors (Lipinski definition) is 0. The predicted molar refractivity (Wildman–Crippen MR) is 43.5 cm³/mol. The third kappa shape index (κ3) is 0.929. The minimum absolute atomic E-state index is 0.345. The quantitative estimate of drug-likeness (QED) is 0.501. The summed E-state index contributed by atoms with van der Waals surface area (Å²) in [5, 5.41) is 0.345. The molecule has 0 bridgehead atoms. The highest BCUT2D eigenvalue weighted by Gasteiger charge is 2.17. The molecule has 1 aromatic carbocycles. The van der Waals surface area contributed by atoms with Crippen molar-refractivity contribution in [1.82, 2.24) is 0 Å². The van der Waals surface area contributed by atoms with Gasteiger partial charge in [-0.3, -0.25) is 0 Å². The summed E-state index contributed by atoms with van der Waals surface area (Å²) in [6.07, 6.45) is 2.11. The van der Waals surface area contributed by atoms with Crippen LogP contribution in [-0.2, 0) is 12.8 Å². The summed E-state index contributed by atoms with van der Waals surface area (Å²) >= 11 is 5.98. The van der Waals surface area contributed by atoms with E-state index in [9.17, 15) is 0 Å². The second-order valence-corrected chi connectivity index (χ2v) is 3.39. The van der Waals surface area contributed by atoms with Crippen LogP contribution in [0, 0.1) is 0 Å². The van der Waals surface area contributed by atoms with Gasteiger partial charge in [0.25, 0.3) is 0 Å². The first-order valence-electron chi connectivity index (χ1n) is 3.57. The Morgan fingerprint density at radius 2 is 1.60 bits per heavy atom. The van der Waals surface area contributed by atoms with Crippen LogP contribution in [0.25, 0.3) is 0 Å². The number of rotatable bonds is 0. The lowest BCUT2D eigenvalue weighted by atomic mass is 10.1. The van der Waals surface area contributed by atoms with Gasteiger partial charge in [-0.2, -0.15) is 0 Å². The van der Waals surface area contributed by atoms with E-state index in [1.54, 1.807) is 0 Å². The van der Waals surface area contributed by atoms with Crippen molar-refractivity contribution in [1.29, 1.82) is 0 Å². The van der Waals surface area contributed by atoms with E-state index in [0.29, 0.717) is 5.38 Å². The van der Waals surface area contributed by atoms with Crippen LogP contribution in [0.15, 0.2) is 24.3 Å². The van der Waals surface area contributed by atoms with Crippen LogP contribution in [0.2, 0.25) is 0 Å². The fraction of sp³-hybridized carbons (Fsp3) is 0.333. The van der Waals surface area contributed by atoms with Gasteiger partial charge in [0.05, 0.1) is 0 Å². The summed E-state index contributed by atoms with van der Waals surface area (Å²) in [7, 11) is 0. The highest BCUT2D eigenvalue weighted by atomic mass is 35.5. The molecule has 0 aliphatic heterocycles. The summed E-state index contributed by atoms with van der Waals surface area (Å²) in [6, 6.07) is 8.48. The van der Waals surface area contributed by atoms with Gasteiger partial charge >= 0.3 is 0 Å². The fourth-order valence-electron chi connectivity index (χ4n) is 1.51. The molecule has 0 unspecified atom stereocenters. The monoisotopic (exact) mass is 152 g/mol. The molecule has 1 heteroatoms. The van der Waals surface area contributed by atoms with E-state index in [-0.39, 0.29) is 0 Å². The maximum absolute atomic E-state index is 5.98. The molecule has 2 rings (SSSR count). The van der Waals surface area contributed by atoms with Gasteiger partial charge in [-0.15, -0.1) is 11.6 Å². The summed E-state index contributed by atoms with van der Waals surface area (Å²) in [5.41, 5.74) is 2.87. The van der Waals surface area contributed by atoms with Gasteiger partial charge in [0.2, 0.25) is 0 Å². The molecule has 1 aromatic rings. The molecule has 0 heterocycles. The van der Waals surface area contributed by atoms with Crippen molar-refractivity contribution in [2.24, 2.45) is 0 Å². The molecule has 0 spiro atoms. The molecule has 0 amide bonds. The zero-order valence-electron chi connectivity index (χ0n) is 5.68. The van der Waals surface area contributed by atoms with E-state index < -0.39 is 0 Å². The highest BCUT2D eigenvalue weighted by molar-refractivity contribution is 6.21. The standard InChI is InChI=1S/C9H9Cl/c10-9-5-7-3-1-2-4-8(7)6-9/h1-4,9H,5-6H2. The molecule has 0 fully saturated rings. The van der Waals surface area contributed by atoms with E-state index in [4.69, 9.17) is 11.6 Å². The number of halogens is 1. The van der Waals surface area contributed by atoms with E-state index in [1.807, 2.05) is 0 Å². The molecule has 1 aliphatic rings. The minimum atomic E-state index is 0.345. The Kier molecular flexibility index (Phi) is 1.42. The van der Waals surface area contributed by atoms with Gasteiger partial charge in [-0.05, 0) is 24.0 Å². The molecular weight excluding hydrogens is 144 g/mol. The molecule has 0 aromatic heterocycles. The molecule has 0 radical (unpaired) electrons. The predicted octanol–water partition coefficient (Wildman–Crippen LogP) is 2.39. The van der Waals surface area contributed by atoms with E-state index in [0.717, 1.165) is 12.8 Å². The topological polar surface area (TPSA) is 0 Å². The normalized spacial score (nSPS) is 17.3. The van der Waals surface area contributed by atoms with Crippen molar-refractivity contribution >= 4 is 11.6 Å². The average molecular weight is 153 g/mol. The first-order chi connectivity index (χ1) is 4.86. The third-order valence-corrected chi connectivity index (χ3v) is 2.31. The lowest BCUT2D eigenvalue weighted by molar-refractivity contribution is 0.922. The van der Waals surface area contributed by atoms with E-state index >= 15 is 0 Å². The molecule has 52 valence electrons. The molecule has 0 saturated carbocycles. The average Bonchev–Trinajstić information content (AvgIpc) is 2.27. The third-order valence-electron chi connectivity index (χ3n) is 2.00. The molecule has 1 aliphatic carbocycles. The first-order valence-corrected chi connectivity index (χ1v) is 4.01. The SMILES string of the molecule is ClC1Cc2ccccc2C1. The Bertz CT molecular complexity index is 217. The minimum Gasteiger partial charge on any atom is -0.122 e. The smallest absolute Gasteiger partial charge is 0.0416 e. The fourth-order valence-corrected chi connectivity index (χ4v) is 1.84. The van der Waals surface area contributed by atoms with Crippen LogP contribution in [0.4, 0.5) is 0 Å². The summed E-state index contributed by atoms with van der Waals surface area (Å²) in [5.74, 6) is 0. The zero-order valence-corrected chi connectivity index (χ0v) is 6.43. The lowest BCUT2D eigenvalue weighted by Gasteiger charge is -1.92. The van der Waals surface area contributed by atoms with Crippen LogP contribution < -0.4 is 0 Å². The maximum Gasteiger partial charge on any atom is 0.0416 e. The van der Waals surface area contributed by atoms with Crippen LogP contribution >= 0.6 is 11.6 Å². The summed E-state index contributed by atoms with van der Waals surface area (Å²) in [4.78, 5) is 0. The lowest BCUT2D eigenvalue weighted by Crippen LogP contribution is -1.93. The molecule has 0 atom stereocenters. The van der Waals surface area contributed by atoms with Crippen molar-refractivity contribution in [2.45, 2.75) is 18.2 Å². The first kappa shape index (κ1) is 6.23. The van der Waals surface area contributed by atoms with Crippen molar-refractivity contribution < 1.29 is 0 Å². The Morgan fingerprint density at radius 1 is 1.10 bits per heavy atom. The van der Waals surface area contributed by atoms with Gasteiger partial charge in [-0.25, -0.2) is 0 Å². The van der Waals surface area contributed by atoms with Gasteiger partial charge in [0.1, 0.15) is 0 Å². The Hall–Kier alpha value is -0.490. The van der Waals surface area contributed by atoms with E-state index in [1.165, 1.54) is 11.1 Å². The molecule has 0 N–H and O–H groups in total. The van der Waals surface area contributed by atoms with Crippen molar-refractivity contribution in [3.63, 3.8) is 0 Å². The van der Waals surface area contributed by atoms with Crippen LogP contribution in [0.1, 0.15) is 11.1 Å². The van der Waals surface area contributed by atoms with Crippen molar-refractivity contribution in [3.8, 4) is 0 Å². The van der Waals surface area contributed by atoms with Gasteiger partial charge in [0.15, 0.2) is 0 Å². The molecule has 10 heavy (non-hydrogen) atoms. The van der Waals surface area contributed by atoms with E-state index in [2.05, 4.69) is 24.3 Å². The number of fused-ring (bicyclic) bond motifs is 1. The largest absolute Gasteiger partial charge is 0.122 e. The van der Waals surface area contributed by atoms with Gasteiger partial charge in [-0.1, -0.05) is 24.3 Å². The van der Waals surface area contributed by atoms with Crippen LogP contribution in [-0.4, -0.2) is 5.38 Å². The maximum atomic E-state index is 5.98. The second-order valence-electron chi connectivity index (χ2n) is 2.77. The molecular formula is C9H9Cl. The highest BCUT2D eigenvalue weighted by Crippen LogP contribution is 2.24. The summed E-state index contributed by atoms with van der Waals surface area (Å²) < 4.78 is 0. The number of benzene rings is 1. The Balaban J connectivity index is 2.42. The zero-order chi connectivity index (χ0) is 6.97. The molecule has 0 nitrogen and oxygen atoms in total. The summed E-state index contributed by atoms with van der Waals surface area (Å²) in [6.45, 7) is 0. The van der Waals surface area contributed by atoms with Crippen LogP contribution in [0.5, 0.6) is 0 Å². The van der Waals surface area contributed by atoms with Crippen molar-refractivity contribution in [2.75, 3.05) is 0 Å². The van der Waals surface area contributed by atoms with Crippen LogP contribution in [0.3, 0.4) is 0 Å².